The van der Waals surface area contributed by atoms with E-state index in [1.165, 1.54) is 16.7 Å². The summed E-state index contributed by atoms with van der Waals surface area (Å²) in [5.74, 6) is 0. The van der Waals surface area contributed by atoms with Crippen LogP contribution in [0.4, 0.5) is 0 Å². The van der Waals surface area contributed by atoms with Crippen LogP contribution in [0.2, 0.25) is 0 Å². The van der Waals surface area contributed by atoms with E-state index in [1.807, 2.05) is 0 Å². The molecule has 12 heavy (non-hydrogen) atoms. The van der Waals surface area contributed by atoms with Gasteiger partial charge in [-0.1, -0.05) is 20.4 Å². The van der Waals surface area contributed by atoms with Gasteiger partial charge in [-0.15, -0.1) is 0 Å². The van der Waals surface area contributed by atoms with Crippen LogP contribution < -0.4 is 0 Å². The molecule has 1 heteroatoms. The van der Waals surface area contributed by atoms with Crippen molar-refractivity contribution in [1.82, 2.24) is 4.90 Å². The molecule has 0 aromatic rings. The van der Waals surface area contributed by atoms with Gasteiger partial charge in [-0.3, -0.25) is 0 Å². The van der Waals surface area contributed by atoms with E-state index in [2.05, 4.69) is 44.8 Å². The van der Waals surface area contributed by atoms with Crippen molar-refractivity contribution < 1.29 is 0 Å². The van der Waals surface area contributed by atoms with Crippen molar-refractivity contribution in [3.8, 4) is 0 Å². The van der Waals surface area contributed by atoms with Gasteiger partial charge in [0.15, 0.2) is 0 Å². The minimum atomic E-state index is 1.07. The van der Waals surface area contributed by atoms with Gasteiger partial charge in [0, 0.05) is 19.4 Å². The fourth-order valence-electron chi connectivity index (χ4n) is 1.50. The van der Waals surface area contributed by atoms with Crippen molar-refractivity contribution in [3.05, 3.63) is 35.7 Å². The first-order valence-electron chi connectivity index (χ1n) is 4.52. The third-order valence-corrected chi connectivity index (χ3v) is 2.26. The quantitative estimate of drug-likeness (QED) is 0.604. The molecule has 0 N–H and O–H groups in total. The molecule has 0 bridgehead atoms. The van der Waals surface area contributed by atoms with Gasteiger partial charge in [-0.25, -0.2) is 0 Å². The summed E-state index contributed by atoms with van der Waals surface area (Å²) in [6.07, 6.45) is 6.45. The van der Waals surface area contributed by atoms with Crippen molar-refractivity contribution in [3.63, 3.8) is 0 Å². The third-order valence-electron chi connectivity index (χ3n) is 2.26. The maximum atomic E-state index is 4.09. The van der Waals surface area contributed by atoms with Crippen molar-refractivity contribution in [1.29, 1.82) is 0 Å². The summed E-state index contributed by atoms with van der Waals surface area (Å²) in [6.45, 7) is 8.43. The molecule has 0 aliphatic carbocycles. The van der Waals surface area contributed by atoms with E-state index in [0.717, 1.165) is 12.8 Å². The van der Waals surface area contributed by atoms with Crippen LogP contribution in [0.3, 0.4) is 0 Å². The fourth-order valence-corrected chi connectivity index (χ4v) is 1.50. The fraction of sp³-hybridized carbons (Fsp3) is 0.455. The highest BCUT2D eigenvalue weighted by Gasteiger charge is 2.10. The maximum Gasteiger partial charge on any atom is 0.0106 e. The zero-order valence-corrected chi connectivity index (χ0v) is 8.22. The summed E-state index contributed by atoms with van der Waals surface area (Å²) in [7, 11) is 2.07. The average molecular weight is 163 g/mol. The molecule has 0 fully saturated rings. The van der Waals surface area contributed by atoms with Gasteiger partial charge in [-0.05, 0) is 29.6 Å². The predicted molar refractivity (Wildman–Crippen MR) is 53.7 cm³/mol. The second-order valence-corrected chi connectivity index (χ2v) is 3.16. The van der Waals surface area contributed by atoms with Gasteiger partial charge in [0.25, 0.3) is 0 Å². The maximum absolute atomic E-state index is 4.09. The Labute approximate surface area is 75.1 Å². The molecule has 1 aliphatic rings. The molecular weight excluding hydrogens is 146 g/mol. The van der Waals surface area contributed by atoms with Crippen LogP contribution in [0, 0.1) is 0 Å². The zero-order valence-electron chi connectivity index (χ0n) is 8.22. The molecule has 1 nitrogen and oxygen atoms in total. The van der Waals surface area contributed by atoms with Crippen LogP contribution in [0.25, 0.3) is 0 Å². The lowest BCUT2D eigenvalue weighted by atomic mass is 9.95. The van der Waals surface area contributed by atoms with Gasteiger partial charge < -0.3 is 4.90 Å². The number of nitrogens with zero attached hydrogens (tertiary/aromatic N) is 1. The highest BCUT2D eigenvalue weighted by atomic mass is 15.1. The first-order valence-corrected chi connectivity index (χ1v) is 4.52. The molecule has 0 saturated heterocycles. The average Bonchev–Trinajstić information content (AvgIpc) is 2.08. The Kier molecular flexibility index (Phi) is 2.74. The number of allylic oxidation sites excluding steroid dienone is 3. The van der Waals surface area contributed by atoms with E-state index >= 15 is 0 Å². The Balaban J connectivity index is 2.90. The van der Waals surface area contributed by atoms with Crippen LogP contribution in [0.15, 0.2) is 35.7 Å². The lowest BCUT2D eigenvalue weighted by molar-refractivity contribution is 0.599. The monoisotopic (exact) mass is 163 g/mol. The number of hydrogen-bond acceptors (Lipinski definition) is 1. The molecule has 1 aliphatic heterocycles. The Hall–Kier alpha value is -0.980. The van der Waals surface area contributed by atoms with Gasteiger partial charge >= 0.3 is 0 Å². The SMILES string of the molecule is C=C1C(CC)=CN(C)C=C1CC. The van der Waals surface area contributed by atoms with Gasteiger partial charge in [0.05, 0.1) is 0 Å². The molecule has 66 valence electrons. The molecule has 1 rings (SSSR count). The Morgan fingerprint density at radius 1 is 1.17 bits per heavy atom. The highest BCUT2D eigenvalue weighted by Crippen LogP contribution is 2.27. The molecule has 0 atom stereocenters. The van der Waals surface area contributed by atoms with E-state index in [9.17, 15) is 0 Å². The molecule has 0 radical (unpaired) electrons. The molecule has 0 amide bonds. The van der Waals surface area contributed by atoms with E-state index in [0.29, 0.717) is 0 Å². The van der Waals surface area contributed by atoms with Crippen LogP contribution in [0.1, 0.15) is 26.7 Å². The van der Waals surface area contributed by atoms with Crippen LogP contribution >= 0.6 is 0 Å². The first kappa shape index (κ1) is 9.11. The van der Waals surface area contributed by atoms with Crippen LogP contribution in [-0.4, -0.2) is 11.9 Å². The second-order valence-electron chi connectivity index (χ2n) is 3.16. The van der Waals surface area contributed by atoms with E-state index < -0.39 is 0 Å². The first-order chi connectivity index (χ1) is 5.69. The van der Waals surface area contributed by atoms with Crippen LogP contribution in [-0.2, 0) is 0 Å². The Bertz CT molecular complexity index is 222. The molecule has 0 saturated carbocycles. The number of hydrogen-bond donors (Lipinski definition) is 0. The second kappa shape index (κ2) is 3.61. The van der Waals surface area contributed by atoms with Gasteiger partial charge in [0.1, 0.15) is 0 Å². The summed E-state index contributed by atoms with van der Waals surface area (Å²) in [4.78, 5) is 2.12. The highest BCUT2D eigenvalue weighted by molar-refractivity contribution is 5.46. The standard InChI is InChI=1S/C11H17N/c1-5-10-7-12(4)8-11(6-2)9(10)3/h7-8H,3,5-6H2,1-2,4H3. The lowest BCUT2D eigenvalue weighted by Crippen LogP contribution is -2.11. The molecular formula is C11H17N. The molecule has 0 aromatic heterocycles. The van der Waals surface area contributed by atoms with Crippen molar-refractivity contribution >= 4 is 0 Å². The summed E-state index contributed by atoms with van der Waals surface area (Å²) >= 11 is 0. The van der Waals surface area contributed by atoms with Crippen LogP contribution in [0.5, 0.6) is 0 Å². The smallest absolute Gasteiger partial charge is 0.0106 e. The summed E-state index contributed by atoms with van der Waals surface area (Å²) in [5.41, 5.74) is 3.94. The summed E-state index contributed by atoms with van der Waals surface area (Å²) in [6, 6.07) is 0. The molecule has 0 spiro atoms. The molecule has 0 unspecified atom stereocenters. The van der Waals surface area contributed by atoms with Gasteiger partial charge in [0.2, 0.25) is 0 Å². The van der Waals surface area contributed by atoms with Crippen molar-refractivity contribution in [2.45, 2.75) is 26.7 Å². The zero-order chi connectivity index (χ0) is 9.14. The van der Waals surface area contributed by atoms with Crippen molar-refractivity contribution in [2.24, 2.45) is 0 Å². The topological polar surface area (TPSA) is 3.24 Å². The van der Waals surface area contributed by atoms with E-state index in [1.54, 1.807) is 0 Å². The minimum absolute atomic E-state index is 1.07. The largest absolute Gasteiger partial charge is 0.357 e. The lowest BCUT2D eigenvalue weighted by Gasteiger charge is -2.22. The molecule has 0 aromatic carbocycles. The normalized spacial score (nSPS) is 17.6. The van der Waals surface area contributed by atoms with E-state index in [4.69, 9.17) is 0 Å². The third kappa shape index (κ3) is 1.60. The predicted octanol–water partition coefficient (Wildman–Crippen LogP) is 3.08. The molecule has 1 heterocycles. The number of rotatable bonds is 2. The van der Waals surface area contributed by atoms with E-state index in [-0.39, 0.29) is 0 Å². The minimum Gasteiger partial charge on any atom is -0.357 e. The summed E-state index contributed by atoms with van der Waals surface area (Å²) in [5, 5.41) is 0. The van der Waals surface area contributed by atoms with Crippen molar-refractivity contribution in [2.75, 3.05) is 7.05 Å². The Morgan fingerprint density at radius 2 is 1.58 bits per heavy atom. The Morgan fingerprint density at radius 3 is 1.92 bits per heavy atom. The summed E-state index contributed by atoms with van der Waals surface area (Å²) < 4.78 is 0. The van der Waals surface area contributed by atoms with Gasteiger partial charge in [-0.2, -0.15) is 0 Å².